The first-order valence-electron chi connectivity index (χ1n) is 12.1. The van der Waals surface area contributed by atoms with Gasteiger partial charge in [-0.15, -0.1) is 0 Å². The third-order valence-electron chi connectivity index (χ3n) is 6.41. The van der Waals surface area contributed by atoms with E-state index in [9.17, 15) is 0 Å². The molecule has 0 amide bonds. The highest BCUT2D eigenvalue weighted by Gasteiger charge is 2.22. The second-order valence-corrected chi connectivity index (χ2v) is 8.63. The molecule has 5 aromatic rings. The third kappa shape index (κ3) is 4.19. The topological polar surface area (TPSA) is 65.3 Å². The van der Waals surface area contributed by atoms with Crippen LogP contribution in [-0.4, -0.2) is 52.7 Å². The van der Waals surface area contributed by atoms with Crippen molar-refractivity contribution in [2.45, 2.75) is 13.5 Å². The summed E-state index contributed by atoms with van der Waals surface area (Å²) in [4.78, 5) is 11.6. The van der Waals surface area contributed by atoms with Gasteiger partial charge in [0, 0.05) is 36.3 Å². The van der Waals surface area contributed by atoms with Crippen LogP contribution in [0.1, 0.15) is 12.5 Å². The predicted molar refractivity (Wildman–Crippen MR) is 138 cm³/mol. The second kappa shape index (κ2) is 9.35. The van der Waals surface area contributed by atoms with Gasteiger partial charge in [-0.1, -0.05) is 36.4 Å². The van der Waals surface area contributed by atoms with E-state index in [1.807, 2.05) is 31.5 Å². The maximum Gasteiger partial charge on any atom is 0.213 e. The number of hydrogen-bond donors (Lipinski definition) is 0. The lowest BCUT2D eigenvalue weighted by Crippen LogP contribution is -2.36. The Bertz CT molecular complexity index is 1460. The molecule has 1 saturated heterocycles. The molecule has 3 aromatic heterocycles. The molecule has 7 nitrogen and oxygen atoms in total. The highest BCUT2D eigenvalue weighted by Crippen LogP contribution is 2.35. The highest BCUT2D eigenvalue weighted by atomic mass is 16.5. The van der Waals surface area contributed by atoms with Gasteiger partial charge in [0.15, 0.2) is 5.82 Å². The zero-order chi connectivity index (χ0) is 23.6. The summed E-state index contributed by atoms with van der Waals surface area (Å²) < 4.78 is 13.2. The van der Waals surface area contributed by atoms with Gasteiger partial charge in [-0.25, -0.2) is 4.98 Å². The molecule has 35 heavy (non-hydrogen) atoms. The van der Waals surface area contributed by atoms with Crippen molar-refractivity contribution in [2.24, 2.45) is 0 Å². The van der Waals surface area contributed by atoms with E-state index in [0.717, 1.165) is 51.8 Å². The average molecular weight is 466 g/mol. The number of rotatable bonds is 6. The van der Waals surface area contributed by atoms with Crippen LogP contribution in [0.25, 0.3) is 32.9 Å². The number of nitrogens with zero attached hydrogens (tertiary/aromatic N) is 5. The van der Waals surface area contributed by atoms with Gasteiger partial charge >= 0.3 is 0 Å². The molecule has 7 heteroatoms. The monoisotopic (exact) mass is 465 g/mol. The van der Waals surface area contributed by atoms with E-state index in [1.165, 1.54) is 5.56 Å². The van der Waals surface area contributed by atoms with Crippen molar-refractivity contribution in [3.63, 3.8) is 0 Å². The number of ether oxygens (including phenoxy) is 2. The molecular weight excluding hydrogens is 438 g/mol. The van der Waals surface area contributed by atoms with Gasteiger partial charge in [0.05, 0.1) is 49.0 Å². The normalized spacial score (nSPS) is 14.0. The minimum Gasteiger partial charge on any atom is -0.478 e. The quantitative estimate of drug-likeness (QED) is 0.354. The van der Waals surface area contributed by atoms with Crippen molar-refractivity contribution < 1.29 is 9.47 Å². The summed E-state index contributed by atoms with van der Waals surface area (Å²) in [6, 6.07) is 20.8. The Kier molecular flexibility index (Phi) is 5.76. The van der Waals surface area contributed by atoms with E-state index >= 15 is 0 Å². The fourth-order valence-electron chi connectivity index (χ4n) is 4.67. The standard InChI is InChI=1S/C28H27N5O2/c1-2-35-26-11-9-22(17-30-26)21-8-10-24-23(16-21)27-25(18-29-24)33(19-20-6-4-3-5-7-20)31-28(27)32-12-14-34-15-13-32/h3-11,16-18H,2,12-15,19H2,1H3. The number of fused-ring (bicyclic) bond motifs is 3. The van der Waals surface area contributed by atoms with Gasteiger partial charge in [0.25, 0.3) is 0 Å². The number of benzene rings is 2. The molecule has 6 rings (SSSR count). The fraction of sp³-hybridized carbons (Fsp3) is 0.250. The lowest BCUT2D eigenvalue weighted by atomic mass is 10.0. The summed E-state index contributed by atoms with van der Waals surface area (Å²) in [6.07, 6.45) is 3.82. The van der Waals surface area contributed by atoms with Gasteiger partial charge in [-0.3, -0.25) is 9.67 Å². The second-order valence-electron chi connectivity index (χ2n) is 8.63. The third-order valence-corrected chi connectivity index (χ3v) is 6.41. The van der Waals surface area contributed by atoms with Crippen LogP contribution in [0.2, 0.25) is 0 Å². The summed E-state index contributed by atoms with van der Waals surface area (Å²) in [6.45, 7) is 6.31. The van der Waals surface area contributed by atoms with Crippen molar-refractivity contribution in [3.8, 4) is 17.0 Å². The van der Waals surface area contributed by atoms with E-state index < -0.39 is 0 Å². The zero-order valence-electron chi connectivity index (χ0n) is 19.7. The number of morpholine rings is 1. The number of anilines is 1. The largest absolute Gasteiger partial charge is 0.478 e. The Hall–Kier alpha value is -3.97. The van der Waals surface area contributed by atoms with Crippen LogP contribution in [0.15, 0.2) is 73.1 Å². The van der Waals surface area contributed by atoms with E-state index in [0.29, 0.717) is 32.2 Å². The van der Waals surface area contributed by atoms with Crippen molar-refractivity contribution in [1.82, 2.24) is 19.7 Å². The van der Waals surface area contributed by atoms with E-state index in [-0.39, 0.29) is 0 Å². The molecule has 0 atom stereocenters. The molecule has 2 aromatic carbocycles. The van der Waals surface area contributed by atoms with Crippen LogP contribution in [0.5, 0.6) is 5.88 Å². The maximum atomic E-state index is 5.62. The molecule has 176 valence electrons. The van der Waals surface area contributed by atoms with E-state index in [1.54, 1.807) is 0 Å². The summed E-state index contributed by atoms with van der Waals surface area (Å²) in [5.41, 5.74) is 5.32. The molecule has 0 saturated carbocycles. The van der Waals surface area contributed by atoms with Crippen molar-refractivity contribution in [2.75, 3.05) is 37.8 Å². The van der Waals surface area contributed by atoms with Gasteiger partial charge in [-0.05, 0) is 36.2 Å². The zero-order valence-corrected chi connectivity index (χ0v) is 19.7. The molecule has 1 fully saturated rings. The Morgan fingerprint density at radius 3 is 2.51 bits per heavy atom. The molecule has 0 N–H and O–H groups in total. The molecule has 0 unspecified atom stereocenters. The van der Waals surface area contributed by atoms with Crippen molar-refractivity contribution in [3.05, 3.63) is 78.6 Å². The molecule has 1 aliphatic rings. The first-order valence-corrected chi connectivity index (χ1v) is 12.1. The highest BCUT2D eigenvalue weighted by molar-refractivity contribution is 6.11. The minimum atomic E-state index is 0.600. The Labute approximate surface area is 203 Å². The molecule has 4 heterocycles. The van der Waals surface area contributed by atoms with Gasteiger partial charge in [0.1, 0.15) is 0 Å². The molecule has 0 bridgehead atoms. The predicted octanol–water partition coefficient (Wildman–Crippen LogP) is 4.93. The smallest absolute Gasteiger partial charge is 0.213 e. The first-order chi connectivity index (χ1) is 17.3. The van der Waals surface area contributed by atoms with Crippen LogP contribution in [0.3, 0.4) is 0 Å². The first kappa shape index (κ1) is 21.6. The van der Waals surface area contributed by atoms with Crippen LogP contribution >= 0.6 is 0 Å². The molecular formula is C28H27N5O2. The Balaban J connectivity index is 1.51. The lowest BCUT2D eigenvalue weighted by molar-refractivity contribution is 0.122. The van der Waals surface area contributed by atoms with Crippen molar-refractivity contribution >= 4 is 27.6 Å². The maximum absolute atomic E-state index is 5.62. The van der Waals surface area contributed by atoms with Crippen LogP contribution in [0.4, 0.5) is 5.82 Å². The van der Waals surface area contributed by atoms with Crippen molar-refractivity contribution in [1.29, 1.82) is 0 Å². The SMILES string of the molecule is CCOc1ccc(-c2ccc3ncc4c(c(N5CCOCC5)nn4Cc4ccccc4)c3c2)cn1. The van der Waals surface area contributed by atoms with Crippen LogP contribution < -0.4 is 9.64 Å². The van der Waals surface area contributed by atoms with E-state index in [4.69, 9.17) is 19.6 Å². The number of hydrogen-bond acceptors (Lipinski definition) is 6. The summed E-state index contributed by atoms with van der Waals surface area (Å²) in [7, 11) is 0. The van der Waals surface area contributed by atoms with E-state index in [2.05, 4.69) is 63.1 Å². The number of aromatic nitrogens is 4. The minimum absolute atomic E-state index is 0.600. The summed E-state index contributed by atoms with van der Waals surface area (Å²) in [5.74, 6) is 1.63. The summed E-state index contributed by atoms with van der Waals surface area (Å²) in [5, 5.41) is 7.34. The lowest BCUT2D eigenvalue weighted by Gasteiger charge is -2.27. The Morgan fingerprint density at radius 1 is 0.914 bits per heavy atom. The average Bonchev–Trinajstić information content (AvgIpc) is 3.29. The molecule has 0 spiro atoms. The van der Waals surface area contributed by atoms with Gasteiger partial charge in [-0.2, -0.15) is 5.10 Å². The Morgan fingerprint density at radius 2 is 1.74 bits per heavy atom. The number of pyridine rings is 2. The fourth-order valence-corrected chi connectivity index (χ4v) is 4.67. The van der Waals surface area contributed by atoms with Gasteiger partial charge in [0.2, 0.25) is 5.88 Å². The molecule has 1 aliphatic heterocycles. The van der Waals surface area contributed by atoms with Crippen LogP contribution in [-0.2, 0) is 11.3 Å². The van der Waals surface area contributed by atoms with Crippen LogP contribution in [0, 0.1) is 0 Å². The molecule has 0 radical (unpaired) electrons. The van der Waals surface area contributed by atoms with Gasteiger partial charge < -0.3 is 14.4 Å². The summed E-state index contributed by atoms with van der Waals surface area (Å²) >= 11 is 0. The molecule has 0 aliphatic carbocycles.